The number of hydrogen-bond acceptors (Lipinski definition) is 1. The number of aliphatic hydroxyl groups excluding tert-OH is 1. The molecule has 0 aliphatic carbocycles. The number of halogens is 2. The molecule has 0 radical (unpaired) electrons. The highest BCUT2D eigenvalue weighted by atomic mass is 79.9. The van der Waals surface area contributed by atoms with Gasteiger partial charge in [0.05, 0.1) is 11.1 Å². The Morgan fingerprint density at radius 2 is 1.70 bits per heavy atom. The zero-order valence-electron chi connectivity index (χ0n) is 11.9. The molecule has 1 nitrogen and oxygen atoms in total. The van der Waals surface area contributed by atoms with Gasteiger partial charge in [-0.1, -0.05) is 35.4 Å². The van der Waals surface area contributed by atoms with Gasteiger partial charge in [0.15, 0.2) is 0 Å². The lowest BCUT2D eigenvalue weighted by atomic mass is 9.93. The van der Waals surface area contributed by atoms with E-state index < -0.39 is 6.10 Å². The molecule has 0 saturated carbocycles. The van der Waals surface area contributed by atoms with Gasteiger partial charge in [-0.25, -0.2) is 0 Å². The standard InChI is InChI=1S/C17H18BrClO/c1-10-6-11(2)14(12(3)7-10)9-17(20)13-4-5-15(18)16(19)8-13/h4-8,17,20H,9H2,1-3H3. The van der Waals surface area contributed by atoms with Crippen molar-refractivity contribution in [1.29, 1.82) is 0 Å². The third kappa shape index (κ3) is 3.43. The van der Waals surface area contributed by atoms with Crippen molar-refractivity contribution in [3.8, 4) is 0 Å². The van der Waals surface area contributed by atoms with Crippen molar-refractivity contribution in [3.05, 3.63) is 67.6 Å². The number of rotatable bonds is 3. The predicted octanol–water partition coefficient (Wildman–Crippen LogP) is 5.30. The first-order valence-corrected chi connectivity index (χ1v) is 7.75. The molecule has 0 saturated heterocycles. The zero-order chi connectivity index (χ0) is 14.9. The summed E-state index contributed by atoms with van der Waals surface area (Å²) in [6.45, 7) is 6.28. The fourth-order valence-electron chi connectivity index (χ4n) is 2.56. The summed E-state index contributed by atoms with van der Waals surface area (Å²) in [6, 6.07) is 9.90. The zero-order valence-corrected chi connectivity index (χ0v) is 14.2. The minimum absolute atomic E-state index is 0.541. The molecule has 20 heavy (non-hydrogen) atoms. The molecule has 2 rings (SSSR count). The lowest BCUT2D eigenvalue weighted by molar-refractivity contribution is 0.178. The molecule has 0 spiro atoms. The van der Waals surface area contributed by atoms with Crippen LogP contribution in [0.25, 0.3) is 0 Å². The summed E-state index contributed by atoms with van der Waals surface area (Å²) >= 11 is 9.45. The van der Waals surface area contributed by atoms with Crippen LogP contribution in [0.5, 0.6) is 0 Å². The van der Waals surface area contributed by atoms with Gasteiger partial charge in [-0.05, 0) is 71.1 Å². The Balaban J connectivity index is 2.27. The lowest BCUT2D eigenvalue weighted by Gasteiger charge is -2.16. The SMILES string of the molecule is Cc1cc(C)c(CC(O)c2ccc(Br)c(Cl)c2)c(C)c1. The smallest absolute Gasteiger partial charge is 0.0831 e. The highest BCUT2D eigenvalue weighted by Crippen LogP contribution is 2.29. The van der Waals surface area contributed by atoms with Crippen molar-refractivity contribution >= 4 is 27.5 Å². The molecule has 1 unspecified atom stereocenters. The number of aliphatic hydroxyl groups is 1. The van der Waals surface area contributed by atoms with Gasteiger partial charge in [0, 0.05) is 10.9 Å². The second-order valence-electron chi connectivity index (χ2n) is 5.27. The summed E-state index contributed by atoms with van der Waals surface area (Å²) in [6.07, 6.45) is 0.0660. The average molecular weight is 354 g/mol. The maximum Gasteiger partial charge on any atom is 0.0831 e. The molecule has 0 fully saturated rings. The maximum atomic E-state index is 10.4. The summed E-state index contributed by atoms with van der Waals surface area (Å²) < 4.78 is 0.845. The second kappa shape index (κ2) is 6.30. The van der Waals surface area contributed by atoms with Crippen LogP contribution in [0.3, 0.4) is 0 Å². The van der Waals surface area contributed by atoms with Crippen LogP contribution in [-0.4, -0.2) is 5.11 Å². The van der Waals surface area contributed by atoms with Crippen LogP contribution < -0.4 is 0 Å². The van der Waals surface area contributed by atoms with E-state index in [1.165, 1.54) is 22.3 Å². The van der Waals surface area contributed by atoms with Crippen molar-refractivity contribution in [2.45, 2.75) is 33.3 Å². The van der Waals surface area contributed by atoms with Gasteiger partial charge >= 0.3 is 0 Å². The van der Waals surface area contributed by atoms with Crippen molar-refractivity contribution in [2.75, 3.05) is 0 Å². The number of hydrogen-bond donors (Lipinski definition) is 1. The molecule has 0 aliphatic rings. The van der Waals surface area contributed by atoms with E-state index in [-0.39, 0.29) is 0 Å². The van der Waals surface area contributed by atoms with Crippen molar-refractivity contribution in [2.24, 2.45) is 0 Å². The molecule has 1 N–H and O–H groups in total. The van der Waals surface area contributed by atoms with Crippen LogP contribution >= 0.6 is 27.5 Å². The highest BCUT2D eigenvalue weighted by molar-refractivity contribution is 9.10. The van der Waals surface area contributed by atoms with Gasteiger partial charge in [0.1, 0.15) is 0 Å². The second-order valence-corrected chi connectivity index (χ2v) is 6.53. The van der Waals surface area contributed by atoms with E-state index in [1.54, 1.807) is 0 Å². The number of benzene rings is 2. The minimum Gasteiger partial charge on any atom is -0.388 e. The van der Waals surface area contributed by atoms with Crippen LogP contribution in [0.15, 0.2) is 34.8 Å². The molecular formula is C17H18BrClO. The first-order chi connectivity index (χ1) is 9.38. The Bertz CT molecular complexity index is 614. The van der Waals surface area contributed by atoms with Crippen molar-refractivity contribution < 1.29 is 5.11 Å². The van der Waals surface area contributed by atoms with Gasteiger partial charge in [-0.3, -0.25) is 0 Å². The third-order valence-electron chi connectivity index (χ3n) is 3.57. The normalized spacial score (nSPS) is 12.5. The van der Waals surface area contributed by atoms with E-state index in [4.69, 9.17) is 11.6 Å². The van der Waals surface area contributed by atoms with E-state index in [9.17, 15) is 5.11 Å². The maximum absolute atomic E-state index is 10.4. The molecule has 0 heterocycles. The summed E-state index contributed by atoms with van der Waals surface area (Å²) in [4.78, 5) is 0. The first kappa shape index (κ1) is 15.6. The van der Waals surface area contributed by atoms with Gasteiger partial charge in [0.25, 0.3) is 0 Å². The van der Waals surface area contributed by atoms with Crippen LogP contribution in [-0.2, 0) is 6.42 Å². The van der Waals surface area contributed by atoms with Crippen LogP contribution in [0.4, 0.5) is 0 Å². The van der Waals surface area contributed by atoms with E-state index >= 15 is 0 Å². The Hall–Kier alpha value is -0.830. The fourth-order valence-corrected chi connectivity index (χ4v) is 3.00. The lowest BCUT2D eigenvalue weighted by Crippen LogP contribution is -2.05. The Morgan fingerprint density at radius 3 is 2.25 bits per heavy atom. The molecule has 106 valence electrons. The predicted molar refractivity (Wildman–Crippen MR) is 88.5 cm³/mol. The minimum atomic E-state index is -0.541. The Kier molecular flexibility index (Phi) is 4.90. The largest absolute Gasteiger partial charge is 0.388 e. The van der Waals surface area contributed by atoms with Crippen molar-refractivity contribution in [3.63, 3.8) is 0 Å². The molecule has 0 aliphatic heterocycles. The quantitative estimate of drug-likeness (QED) is 0.793. The van der Waals surface area contributed by atoms with Gasteiger partial charge < -0.3 is 5.11 Å². The van der Waals surface area contributed by atoms with Gasteiger partial charge in [-0.15, -0.1) is 0 Å². The van der Waals surface area contributed by atoms with Gasteiger partial charge in [-0.2, -0.15) is 0 Å². The van der Waals surface area contributed by atoms with Crippen LogP contribution in [0.2, 0.25) is 5.02 Å². The highest BCUT2D eigenvalue weighted by Gasteiger charge is 2.13. The molecule has 2 aromatic carbocycles. The molecule has 0 bridgehead atoms. The molecular weight excluding hydrogens is 336 g/mol. The summed E-state index contributed by atoms with van der Waals surface area (Å²) in [5, 5.41) is 11.1. The summed E-state index contributed by atoms with van der Waals surface area (Å²) in [5.41, 5.74) is 5.76. The molecule has 1 atom stereocenters. The Morgan fingerprint density at radius 1 is 1.10 bits per heavy atom. The molecule has 3 heteroatoms. The average Bonchev–Trinajstić information content (AvgIpc) is 2.36. The monoisotopic (exact) mass is 352 g/mol. The first-order valence-electron chi connectivity index (χ1n) is 6.58. The molecule has 0 amide bonds. The van der Waals surface area contributed by atoms with Crippen LogP contribution in [0.1, 0.15) is 33.9 Å². The van der Waals surface area contributed by atoms with E-state index in [0.717, 1.165) is 10.0 Å². The Labute approximate surface area is 133 Å². The number of aryl methyl sites for hydroxylation is 3. The summed E-state index contributed by atoms with van der Waals surface area (Å²) in [7, 11) is 0. The van der Waals surface area contributed by atoms with Crippen molar-refractivity contribution in [1.82, 2.24) is 0 Å². The van der Waals surface area contributed by atoms with E-state index in [0.29, 0.717) is 11.4 Å². The third-order valence-corrected chi connectivity index (χ3v) is 4.80. The van der Waals surface area contributed by atoms with E-state index in [1.807, 2.05) is 18.2 Å². The van der Waals surface area contributed by atoms with Crippen LogP contribution in [0, 0.1) is 20.8 Å². The topological polar surface area (TPSA) is 20.2 Å². The van der Waals surface area contributed by atoms with E-state index in [2.05, 4.69) is 48.8 Å². The fraction of sp³-hybridized carbons (Fsp3) is 0.294. The summed E-state index contributed by atoms with van der Waals surface area (Å²) in [5.74, 6) is 0. The molecule has 0 aromatic heterocycles. The van der Waals surface area contributed by atoms with Gasteiger partial charge in [0.2, 0.25) is 0 Å². The molecule has 2 aromatic rings.